The zero-order chi connectivity index (χ0) is 24.7. The van der Waals surface area contributed by atoms with Gasteiger partial charge in [-0.1, -0.05) is 103 Å². The van der Waals surface area contributed by atoms with Crippen LogP contribution in [0.4, 0.5) is 0 Å². The molecule has 0 aromatic heterocycles. The Morgan fingerprint density at radius 3 is 1.57 bits per heavy atom. The lowest BCUT2D eigenvalue weighted by Gasteiger charge is -2.35. The molecule has 35 heavy (non-hydrogen) atoms. The summed E-state index contributed by atoms with van der Waals surface area (Å²) in [6.45, 7) is 0. The van der Waals surface area contributed by atoms with E-state index < -0.39 is 17.4 Å². The van der Waals surface area contributed by atoms with Crippen molar-refractivity contribution in [1.82, 2.24) is 5.32 Å². The first kappa shape index (κ1) is 24.7. The van der Waals surface area contributed by atoms with E-state index in [9.17, 15) is 9.59 Å². The van der Waals surface area contributed by atoms with Crippen LogP contribution in [0.5, 0.6) is 0 Å². The van der Waals surface area contributed by atoms with Gasteiger partial charge in [0.05, 0.1) is 7.11 Å². The zero-order valence-electron chi connectivity index (χ0n) is 19.4. The molecule has 176 valence electrons. The van der Waals surface area contributed by atoms with E-state index in [1.165, 1.54) is 7.11 Å². The Kier molecular flexibility index (Phi) is 7.98. The lowest BCUT2D eigenvalue weighted by atomic mass is 9.68. The quantitative estimate of drug-likeness (QED) is 0.171. The predicted octanol–water partition coefficient (Wildman–Crippen LogP) is 5.53. The van der Waals surface area contributed by atoms with Gasteiger partial charge in [0.1, 0.15) is 11.5 Å². The number of hydrogen-bond acceptors (Lipinski definition) is 3. The van der Waals surface area contributed by atoms with Crippen LogP contribution in [0.15, 0.2) is 115 Å². The second-order valence-electron chi connectivity index (χ2n) is 8.23. The Morgan fingerprint density at radius 1 is 0.743 bits per heavy atom. The van der Waals surface area contributed by atoms with E-state index in [0.29, 0.717) is 6.42 Å². The summed E-state index contributed by atoms with van der Waals surface area (Å²) in [4.78, 5) is 27.2. The van der Waals surface area contributed by atoms with Crippen molar-refractivity contribution in [3.05, 3.63) is 141 Å². The number of ether oxygens (including phenoxy) is 1. The van der Waals surface area contributed by atoms with Gasteiger partial charge in [0, 0.05) is 9.99 Å². The molecular formula is C30H26INO3. The number of halogens is 1. The predicted molar refractivity (Wildman–Crippen MR) is 146 cm³/mol. The molecule has 0 aliphatic rings. The molecule has 0 aliphatic carbocycles. The molecule has 4 rings (SSSR count). The molecule has 0 bridgehead atoms. The van der Waals surface area contributed by atoms with Gasteiger partial charge in [-0.25, -0.2) is 4.79 Å². The number of esters is 1. The van der Waals surface area contributed by atoms with Crippen molar-refractivity contribution in [2.24, 2.45) is 0 Å². The van der Waals surface area contributed by atoms with Crippen LogP contribution in [-0.4, -0.2) is 25.0 Å². The SMILES string of the molecule is COC(=O)[C@@H](Cc1ccc(I)cc1)NC(=O)C(c1ccccc1)(c1ccccc1)c1ccccc1. The molecule has 1 amide bonds. The Labute approximate surface area is 219 Å². The first-order valence-electron chi connectivity index (χ1n) is 11.4. The second-order valence-corrected chi connectivity index (χ2v) is 9.47. The average molecular weight is 575 g/mol. The molecule has 0 aliphatic heterocycles. The van der Waals surface area contributed by atoms with Crippen LogP contribution in [-0.2, 0) is 26.2 Å². The van der Waals surface area contributed by atoms with E-state index in [2.05, 4.69) is 27.9 Å². The number of rotatable bonds is 8. The minimum absolute atomic E-state index is 0.290. The van der Waals surface area contributed by atoms with Gasteiger partial charge in [-0.05, 0) is 57.0 Å². The highest BCUT2D eigenvalue weighted by molar-refractivity contribution is 14.1. The van der Waals surface area contributed by atoms with E-state index in [-0.39, 0.29) is 5.91 Å². The van der Waals surface area contributed by atoms with Crippen molar-refractivity contribution in [1.29, 1.82) is 0 Å². The van der Waals surface area contributed by atoms with Gasteiger partial charge in [0.15, 0.2) is 0 Å². The van der Waals surface area contributed by atoms with Crippen molar-refractivity contribution in [2.45, 2.75) is 17.9 Å². The largest absolute Gasteiger partial charge is 0.467 e. The Morgan fingerprint density at radius 2 is 1.17 bits per heavy atom. The fourth-order valence-electron chi connectivity index (χ4n) is 4.42. The van der Waals surface area contributed by atoms with E-state index in [4.69, 9.17) is 4.74 Å². The Balaban J connectivity index is 1.84. The molecule has 0 fully saturated rings. The maximum Gasteiger partial charge on any atom is 0.328 e. The fourth-order valence-corrected chi connectivity index (χ4v) is 4.78. The topological polar surface area (TPSA) is 55.4 Å². The minimum Gasteiger partial charge on any atom is -0.467 e. The average Bonchev–Trinajstić information content (AvgIpc) is 2.91. The summed E-state index contributed by atoms with van der Waals surface area (Å²) in [6.07, 6.45) is 0.323. The van der Waals surface area contributed by atoms with Gasteiger partial charge in [-0.2, -0.15) is 0 Å². The highest BCUT2D eigenvalue weighted by Gasteiger charge is 2.45. The minimum atomic E-state index is -1.16. The van der Waals surface area contributed by atoms with Crippen molar-refractivity contribution in [3.8, 4) is 0 Å². The highest BCUT2D eigenvalue weighted by atomic mass is 127. The molecule has 0 unspecified atom stereocenters. The summed E-state index contributed by atoms with van der Waals surface area (Å²) in [5, 5.41) is 3.05. The van der Waals surface area contributed by atoms with Crippen molar-refractivity contribution in [3.63, 3.8) is 0 Å². The Hall–Kier alpha value is -3.45. The summed E-state index contributed by atoms with van der Waals surface area (Å²) in [7, 11) is 1.34. The summed E-state index contributed by atoms with van der Waals surface area (Å²) in [6, 6.07) is 36.1. The van der Waals surface area contributed by atoms with Gasteiger partial charge < -0.3 is 10.1 Å². The monoisotopic (exact) mass is 575 g/mol. The molecule has 0 spiro atoms. The molecule has 4 aromatic carbocycles. The number of carbonyl (C=O) groups is 2. The van der Waals surface area contributed by atoms with Crippen LogP contribution in [0, 0.1) is 3.57 Å². The van der Waals surface area contributed by atoms with Crippen molar-refractivity contribution >= 4 is 34.5 Å². The van der Waals surface area contributed by atoms with Crippen molar-refractivity contribution < 1.29 is 14.3 Å². The fraction of sp³-hybridized carbons (Fsp3) is 0.133. The van der Waals surface area contributed by atoms with E-state index >= 15 is 0 Å². The lowest BCUT2D eigenvalue weighted by Crippen LogP contribution is -2.52. The number of methoxy groups -OCH3 is 1. The number of benzene rings is 4. The molecule has 0 saturated heterocycles. The van der Waals surface area contributed by atoms with Crippen LogP contribution in [0.1, 0.15) is 22.3 Å². The summed E-state index contributed by atoms with van der Waals surface area (Å²) in [5.74, 6) is -0.776. The van der Waals surface area contributed by atoms with Gasteiger partial charge in [0.2, 0.25) is 5.91 Å². The lowest BCUT2D eigenvalue weighted by molar-refractivity contribution is -0.145. The molecule has 0 heterocycles. The third-order valence-electron chi connectivity index (χ3n) is 6.11. The standard InChI is InChI=1S/C30H26INO3/c1-35-28(33)27(21-22-17-19-26(31)20-18-22)32-29(34)30(23-11-5-2-6-12-23,24-13-7-3-8-14-24)25-15-9-4-10-16-25/h2-20,27H,21H2,1H3,(H,32,34)/t27-/m1/s1. The molecule has 5 heteroatoms. The van der Waals surface area contributed by atoms with Crippen LogP contribution in [0.3, 0.4) is 0 Å². The highest BCUT2D eigenvalue weighted by Crippen LogP contribution is 2.39. The number of carbonyl (C=O) groups excluding carboxylic acids is 2. The van der Waals surface area contributed by atoms with Crippen LogP contribution >= 0.6 is 22.6 Å². The summed E-state index contributed by atoms with van der Waals surface area (Å²) in [5.41, 5.74) is 2.21. The molecule has 1 atom stereocenters. The van der Waals surface area contributed by atoms with Crippen LogP contribution in [0.25, 0.3) is 0 Å². The first-order valence-corrected chi connectivity index (χ1v) is 12.4. The van der Waals surface area contributed by atoms with Gasteiger partial charge in [-0.3, -0.25) is 4.79 Å². The third kappa shape index (κ3) is 5.30. The molecule has 0 radical (unpaired) electrons. The van der Waals surface area contributed by atoms with Crippen molar-refractivity contribution in [2.75, 3.05) is 7.11 Å². The van der Waals surface area contributed by atoms with Crippen LogP contribution < -0.4 is 5.32 Å². The number of hydrogen-bond donors (Lipinski definition) is 1. The summed E-state index contributed by atoms with van der Waals surface area (Å²) < 4.78 is 6.18. The molecular weight excluding hydrogens is 549 g/mol. The van der Waals surface area contributed by atoms with Gasteiger partial charge in [-0.15, -0.1) is 0 Å². The molecule has 4 aromatic rings. The normalized spacial score (nSPS) is 11.9. The van der Waals surface area contributed by atoms with E-state index in [0.717, 1.165) is 25.8 Å². The summed E-state index contributed by atoms with van der Waals surface area (Å²) >= 11 is 2.24. The molecule has 4 nitrogen and oxygen atoms in total. The molecule has 0 saturated carbocycles. The maximum atomic E-state index is 14.4. The zero-order valence-corrected chi connectivity index (χ0v) is 21.5. The Bertz CT molecular complexity index is 1160. The molecule has 1 N–H and O–H groups in total. The van der Waals surface area contributed by atoms with Gasteiger partial charge >= 0.3 is 5.97 Å². The number of nitrogens with one attached hydrogen (secondary N) is 1. The van der Waals surface area contributed by atoms with Gasteiger partial charge in [0.25, 0.3) is 0 Å². The second kappa shape index (κ2) is 11.3. The van der Waals surface area contributed by atoms with Crippen LogP contribution in [0.2, 0.25) is 0 Å². The van der Waals surface area contributed by atoms with E-state index in [1.54, 1.807) is 0 Å². The smallest absolute Gasteiger partial charge is 0.328 e. The number of amides is 1. The van der Waals surface area contributed by atoms with E-state index in [1.807, 2.05) is 115 Å². The maximum absolute atomic E-state index is 14.4. The third-order valence-corrected chi connectivity index (χ3v) is 6.82. The first-order chi connectivity index (χ1) is 17.1.